The lowest BCUT2D eigenvalue weighted by atomic mass is 10.2. The molecule has 0 spiro atoms. The van der Waals surface area contributed by atoms with Crippen LogP contribution in [-0.2, 0) is 0 Å². The van der Waals surface area contributed by atoms with E-state index in [0.29, 0.717) is 0 Å². The van der Waals surface area contributed by atoms with E-state index in [4.69, 9.17) is 4.74 Å². The monoisotopic (exact) mass is 233 g/mol. The molecule has 1 saturated heterocycles. The first-order chi connectivity index (χ1) is 8.45. The SMILES string of the molecule is c1ccc(OCCCCCN2CCCC2)cc1. The second-order valence-corrected chi connectivity index (χ2v) is 4.77. The van der Waals surface area contributed by atoms with Gasteiger partial charge in [0.25, 0.3) is 0 Å². The van der Waals surface area contributed by atoms with Crippen LogP contribution in [0, 0.1) is 0 Å². The Morgan fingerprint density at radius 3 is 2.47 bits per heavy atom. The van der Waals surface area contributed by atoms with Gasteiger partial charge in [-0.15, -0.1) is 0 Å². The molecule has 0 amide bonds. The fourth-order valence-electron chi connectivity index (χ4n) is 2.33. The first-order valence-electron chi connectivity index (χ1n) is 6.85. The van der Waals surface area contributed by atoms with Crippen LogP contribution in [0.15, 0.2) is 30.3 Å². The number of ether oxygens (including phenoxy) is 1. The summed E-state index contributed by atoms with van der Waals surface area (Å²) in [4.78, 5) is 2.58. The van der Waals surface area contributed by atoms with E-state index in [1.54, 1.807) is 0 Å². The Kier molecular flexibility index (Phi) is 5.37. The summed E-state index contributed by atoms with van der Waals surface area (Å²) in [5, 5.41) is 0. The highest BCUT2D eigenvalue weighted by Crippen LogP contribution is 2.11. The number of rotatable bonds is 7. The lowest BCUT2D eigenvalue weighted by Crippen LogP contribution is -2.20. The van der Waals surface area contributed by atoms with Crippen LogP contribution in [-0.4, -0.2) is 31.1 Å². The average molecular weight is 233 g/mol. The molecular weight excluding hydrogens is 210 g/mol. The fourth-order valence-corrected chi connectivity index (χ4v) is 2.33. The quantitative estimate of drug-likeness (QED) is 0.670. The molecule has 2 rings (SSSR count). The van der Waals surface area contributed by atoms with Crippen LogP contribution in [0.4, 0.5) is 0 Å². The van der Waals surface area contributed by atoms with E-state index < -0.39 is 0 Å². The number of unbranched alkanes of at least 4 members (excludes halogenated alkanes) is 2. The molecule has 1 aliphatic heterocycles. The number of para-hydroxylation sites is 1. The van der Waals surface area contributed by atoms with Crippen LogP contribution < -0.4 is 4.74 Å². The topological polar surface area (TPSA) is 12.5 Å². The molecule has 17 heavy (non-hydrogen) atoms. The number of nitrogens with zero attached hydrogens (tertiary/aromatic N) is 1. The highest BCUT2D eigenvalue weighted by atomic mass is 16.5. The van der Waals surface area contributed by atoms with E-state index in [1.807, 2.05) is 30.3 Å². The second kappa shape index (κ2) is 7.33. The maximum Gasteiger partial charge on any atom is 0.119 e. The molecule has 1 aliphatic rings. The molecule has 1 aromatic carbocycles. The summed E-state index contributed by atoms with van der Waals surface area (Å²) in [5.74, 6) is 0.993. The minimum Gasteiger partial charge on any atom is -0.494 e. The number of likely N-dealkylation sites (tertiary alicyclic amines) is 1. The van der Waals surface area contributed by atoms with Crippen LogP contribution in [0.2, 0.25) is 0 Å². The van der Waals surface area contributed by atoms with Gasteiger partial charge in [-0.05, 0) is 63.9 Å². The van der Waals surface area contributed by atoms with Crippen molar-refractivity contribution in [3.05, 3.63) is 30.3 Å². The molecule has 1 heterocycles. The molecule has 0 radical (unpaired) electrons. The first-order valence-corrected chi connectivity index (χ1v) is 6.85. The van der Waals surface area contributed by atoms with Gasteiger partial charge in [-0.2, -0.15) is 0 Å². The van der Waals surface area contributed by atoms with Crippen LogP contribution in [0.1, 0.15) is 32.1 Å². The molecule has 0 bridgehead atoms. The summed E-state index contributed by atoms with van der Waals surface area (Å²) >= 11 is 0. The van der Waals surface area contributed by atoms with Gasteiger partial charge in [-0.25, -0.2) is 0 Å². The molecule has 0 N–H and O–H groups in total. The second-order valence-electron chi connectivity index (χ2n) is 4.77. The zero-order chi connectivity index (χ0) is 11.8. The van der Waals surface area contributed by atoms with E-state index in [1.165, 1.54) is 51.7 Å². The van der Waals surface area contributed by atoms with Crippen LogP contribution >= 0.6 is 0 Å². The molecule has 0 unspecified atom stereocenters. The van der Waals surface area contributed by atoms with Crippen molar-refractivity contribution in [2.24, 2.45) is 0 Å². The van der Waals surface area contributed by atoms with Gasteiger partial charge < -0.3 is 9.64 Å². The standard InChI is InChI=1S/C15H23NO/c1-3-9-15(10-4-1)17-14-8-2-5-11-16-12-6-7-13-16/h1,3-4,9-10H,2,5-8,11-14H2. The third-order valence-corrected chi connectivity index (χ3v) is 3.33. The van der Waals surface area contributed by atoms with Crippen molar-refractivity contribution < 1.29 is 4.74 Å². The molecule has 2 nitrogen and oxygen atoms in total. The normalized spacial score (nSPS) is 16.2. The van der Waals surface area contributed by atoms with Gasteiger partial charge in [0, 0.05) is 0 Å². The number of hydrogen-bond acceptors (Lipinski definition) is 2. The van der Waals surface area contributed by atoms with Gasteiger partial charge in [0.15, 0.2) is 0 Å². The van der Waals surface area contributed by atoms with Crippen LogP contribution in [0.25, 0.3) is 0 Å². The van der Waals surface area contributed by atoms with Gasteiger partial charge in [0.05, 0.1) is 6.61 Å². The summed E-state index contributed by atoms with van der Waals surface area (Å²) in [6.45, 7) is 4.77. The van der Waals surface area contributed by atoms with Gasteiger partial charge in [-0.3, -0.25) is 0 Å². The van der Waals surface area contributed by atoms with E-state index in [0.717, 1.165) is 12.4 Å². The molecule has 1 fully saturated rings. The van der Waals surface area contributed by atoms with Crippen molar-refractivity contribution in [3.8, 4) is 5.75 Å². The zero-order valence-electron chi connectivity index (χ0n) is 10.6. The summed E-state index contributed by atoms with van der Waals surface area (Å²) in [7, 11) is 0. The van der Waals surface area contributed by atoms with Gasteiger partial charge >= 0.3 is 0 Å². The fraction of sp³-hybridized carbons (Fsp3) is 0.600. The Labute approximate surface area is 105 Å². The zero-order valence-corrected chi connectivity index (χ0v) is 10.6. The highest BCUT2D eigenvalue weighted by molar-refractivity contribution is 5.20. The third kappa shape index (κ3) is 4.78. The molecule has 0 saturated carbocycles. The van der Waals surface area contributed by atoms with Crippen LogP contribution in [0.5, 0.6) is 5.75 Å². The van der Waals surface area contributed by atoms with Crippen molar-refractivity contribution in [1.29, 1.82) is 0 Å². The third-order valence-electron chi connectivity index (χ3n) is 3.33. The number of hydrogen-bond donors (Lipinski definition) is 0. The Bertz CT molecular complexity index is 293. The first kappa shape index (κ1) is 12.4. The summed E-state index contributed by atoms with van der Waals surface area (Å²) in [6.07, 6.45) is 6.57. The number of benzene rings is 1. The molecule has 94 valence electrons. The molecule has 1 aromatic rings. The van der Waals surface area contributed by atoms with Crippen LogP contribution in [0.3, 0.4) is 0 Å². The minimum atomic E-state index is 0.851. The molecule has 0 aromatic heterocycles. The Hall–Kier alpha value is -1.02. The maximum atomic E-state index is 5.66. The van der Waals surface area contributed by atoms with Crippen molar-refractivity contribution in [1.82, 2.24) is 4.90 Å². The van der Waals surface area contributed by atoms with Gasteiger partial charge in [0.1, 0.15) is 5.75 Å². The molecular formula is C15H23NO. The van der Waals surface area contributed by atoms with E-state index >= 15 is 0 Å². The van der Waals surface area contributed by atoms with E-state index in [2.05, 4.69) is 4.90 Å². The van der Waals surface area contributed by atoms with Gasteiger partial charge in [-0.1, -0.05) is 18.2 Å². The smallest absolute Gasteiger partial charge is 0.119 e. The summed E-state index contributed by atoms with van der Waals surface area (Å²) < 4.78 is 5.66. The Morgan fingerprint density at radius 2 is 1.71 bits per heavy atom. The Balaban J connectivity index is 1.46. The largest absolute Gasteiger partial charge is 0.494 e. The molecule has 0 atom stereocenters. The lowest BCUT2D eigenvalue weighted by molar-refractivity contribution is 0.290. The molecule has 2 heteroatoms. The van der Waals surface area contributed by atoms with Crippen molar-refractivity contribution >= 4 is 0 Å². The molecule has 0 aliphatic carbocycles. The summed E-state index contributed by atoms with van der Waals surface area (Å²) in [6, 6.07) is 10.1. The van der Waals surface area contributed by atoms with Crippen molar-refractivity contribution in [2.75, 3.05) is 26.2 Å². The minimum absolute atomic E-state index is 0.851. The van der Waals surface area contributed by atoms with Crippen molar-refractivity contribution in [2.45, 2.75) is 32.1 Å². The van der Waals surface area contributed by atoms with E-state index in [9.17, 15) is 0 Å². The van der Waals surface area contributed by atoms with E-state index in [-0.39, 0.29) is 0 Å². The Morgan fingerprint density at radius 1 is 0.941 bits per heavy atom. The van der Waals surface area contributed by atoms with Gasteiger partial charge in [0.2, 0.25) is 0 Å². The van der Waals surface area contributed by atoms with Crippen molar-refractivity contribution in [3.63, 3.8) is 0 Å². The highest BCUT2D eigenvalue weighted by Gasteiger charge is 2.09. The predicted octanol–water partition coefficient (Wildman–Crippen LogP) is 3.33. The summed E-state index contributed by atoms with van der Waals surface area (Å²) in [5.41, 5.74) is 0. The lowest BCUT2D eigenvalue weighted by Gasteiger charge is -2.13. The maximum absolute atomic E-state index is 5.66. The predicted molar refractivity (Wildman–Crippen MR) is 71.5 cm³/mol. The average Bonchev–Trinajstić information content (AvgIpc) is 2.88.